The normalized spacial score (nSPS) is 16.6. The lowest BCUT2D eigenvalue weighted by atomic mass is 9.90. The topological polar surface area (TPSA) is 84.0 Å². The molecule has 1 atom stereocenters. The molecule has 0 saturated heterocycles. The molecule has 2 aromatic rings. The first-order valence-electron chi connectivity index (χ1n) is 6.93. The fourth-order valence-corrected chi connectivity index (χ4v) is 3.96. The van der Waals surface area contributed by atoms with Gasteiger partial charge in [0, 0.05) is 12.1 Å². The van der Waals surface area contributed by atoms with E-state index in [1.807, 2.05) is 6.92 Å². The van der Waals surface area contributed by atoms with Gasteiger partial charge in [0.2, 0.25) is 16.9 Å². The number of anilines is 2. The lowest BCUT2D eigenvalue weighted by Crippen LogP contribution is -2.30. The highest BCUT2D eigenvalue weighted by molar-refractivity contribution is 8.01. The zero-order valence-electron chi connectivity index (χ0n) is 12.1. The molecule has 120 valence electrons. The van der Waals surface area contributed by atoms with Crippen LogP contribution >= 0.6 is 23.1 Å². The first-order valence-corrected chi connectivity index (χ1v) is 8.73. The molecule has 9 heteroatoms. The van der Waals surface area contributed by atoms with Gasteiger partial charge < -0.3 is 5.32 Å². The molecule has 2 N–H and O–H groups in total. The monoisotopic (exact) mass is 352 g/mol. The SMILES string of the molecule is CCSc1nnc(NC(=O)C2CC(=O)Nc3cc(F)ccc32)s1. The van der Waals surface area contributed by atoms with E-state index >= 15 is 0 Å². The first kappa shape index (κ1) is 15.9. The number of nitrogens with one attached hydrogen (secondary N) is 2. The average Bonchev–Trinajstić information content (AvgIpc) is 2.93. The molecule has 2 amide bonds. The van der Waals surface area contributed by atoms with Crippen LogP contribution in [0, 0.1) is 5.82 Å². The molecule has 3 rings (SSSR count). The molecule has 2 heterocycles. The predicted octanol–water partition coefficient (Wildman–Crippen LogP) is 2.85. The molecule has 0 aliphatic carbocycles. The van der Waals surface area contributed by atoms with Crippen LogP contribution in [0.3, 0.4) is 0 Å². The summed E-state index contributed by atoms with van der Waals surface area (Å²) in [6, 6.07) is 4.01. The summed E-state index contributed by atoms with van der Waals surface area (Å²) >= 11 is 2.82. The average molecular weight is 352 g/mol. The van der Waals surface area contributed by atoms with Crippen molar-refractivity contribution in [2.24, 2.45) is 0 Å². The molecule has 0 bridgehead atoms. The van der Waals surface area contributed by atoms with Gasteiger partial charge in [-0.3, -0.25) is 14.9 Å². The molecule has 0 saturated carbocycles. The van der Waals surface area contributed by atoms with E-state index in [1.54, 1.807) is 0 Å². The van der Waals surface area contributed by atoms with Gasteiger partial charge in [-0.2, -0.15) is 0 Å². The van der Waals surface area contributed by atoms with Gasteiger partial charge in [-0.1, -0.05) is 36.1 Å². The van der Waals surface area contributed by atoms with Crippen LogP contribution in [0.2, 0.25) is 0 Å². The number of hydrogen-bond acceptors (Lipinski definition) is 6. The predicted molar refractivity (Wildman–Crippen MR) is 87.3 cm³/mol. The van der Waals surface area contributed by atoms with Crippen LogP contribution < -0.4 is 10.6 Å². The number of carbonyl (C=O) groups excluding carboxylic acids is 2. The molecule has 1 aromatic carbocycles. The van der Waals surface area contributed by atoms with Crippen molar-refractivity contribution in [3.8, 4) is 0 Å². The maximum Gasteiger partial charge on any atom is 0.234 e. The Bertz CT molecular complexity index is 765. The zero-order valence-corrected chi connectivity index (χ0v) is 13.8. The van der Waals surface area contributed by atoms with E-state index in [0.29, 0.717) is 16.4 Å². The molecule has 23 heavy (non-hydrogen) atoms. The van der Waals surface area contributed by atoms with Crippen LogP contribution in [0.25, 0.3) is 0 Å². The number of carbonyl (C=O) groups is 2. The van der Waals surface area contributed by atoms with Crippen LogP contribution in [0.4, 0.5) is 15.2 Å². The van der Waals surface area contributed by atoms with Crippen molar-refractivity contribution in [3.63, 3.8) is 0 Å². The highest BCUT2D eigenvalue weighted by atomic mass is 32.2. The van der Waals surface area contributed by atoms with Gasteiger partial charge in [-0.15, -0.1) is 10.2 Å². The second kappa shape index (κ2) is 6.63. The van der Waals surface area contributed by atoms with Gasteiger partial charge in [0.1, 0.15) is 5.82 Å². The standard InChI is InChI=1S/C14H13FN4O2S2/c1-2-22-14-19-18-13(23-14)17-12(21)9-6-11(20)16-10-5-7(15)3-4-8(9)10/h3-5,9H,2,6H2,1H3,(H,16,20)(H,17,18,21). The van der Waals surface area contributed by atoms with Crippen molar-refractivity contribution < 1.29 is 14.0 Å². The Morgan fingerprint density at radius 3 is 3.13 bits per heavy atom. The number of hydrogen-bond donors (Lipinski definition) is 2. The molecule has 1 aliphatic rings. The number of thioether (sulfide) groups is 1. The van der Waals surface area contributed by atoms with Crippen LogP contribution in [-0.2, 0) is 9.59 Å². The molecule has 1 aliphatic heterocycles. The number of aromatic nitrogens is 2. The molecular formula is C14H13FN4O2S2. The van der Waals surface area contributed by atoms with Gasteiger partial charge in [0.15, 0.2) is 4.34 Å². The Kier molecular flexibility index (Phi) is 4.58. The molecule has 1 unspecified atom stereocenters. The third-order valence-electron chi connectivity index (χ3n) is 3.28. The van der Waals surface area contributed by atoms with Crippen LogP contribution in [0.5, 0.6) is 0 Å². The fourth-order valence-electron chi connectivity index (χ4n) is 2.31. The van der Waals surface area contributed by atoms with Gasteiger partial charge in [-0.25, -0.2) is 4.39 Å². The van der Waals surface area contributed by atoms with Crippen LogP contribution in [0.1, 0.15) is 24.8 Å². The summed E-state index contributed by atoms with van der Waals surface area (Å²) in [5, 5.41) is 13.5. The van der Waals surface area contributed by atoms with Crippen molar-refractivity contribution in [1.82, 2.24) is 10.2 Å². The van der Waals surface area contributed by atoms with E-state index in [4.69, 9.17) is 0 Å². The van der Waals surface area contributed by atoms with Crippen molar-refractivity contribution in [1.29, 1.82) is 0 Å². The number of amides is 2. The lowest BCUT2D eigenvalue weighted by molar-refractivity contribution is -0.123. The summed E-state index contributed by atoms with van der Waals surface area (Å²) < 4.78 is 14.1. The largest absolute Gasteiger partial charge is 0.326 e. The van der Waals surface area contributed by atoms with Crippen molar-refractivity contribution >= 4 is 45.7 Å². The second-order valence-corrected chi connectivity index (χ2v) is 7.32. The Balaban J connectivity index is 1.80. The van der Waals surface area contributed by atoms with Crippen molar-refractivity contribution in [2.75, 3.05) is 16.4 Å². The Labute approximate surface area is 139 Å². The third kappa shape index (κ3) is 3.50. The van der Waals surface area contributed by atoms with E-state index in [0.717, 1.165) is 10.1 Å². The minimum Gasteiger partial charge on any atom is -0.326 e. The second-order valence-electron chi connectivity index (χ2n) is 4.83. The summed E-state index contributed by atoms with van der Waals surface area (Å²) in [5.74, 6) is -0.940. The smallest absolute Gasteiger partial charge is 0.234 e. The maximum atomic E-state index is 13.3. The molecule has 0 spiro atoms. The number of fused-ring (bicyclic) bond motifs is 1. The van der Waals surface area contributed by atoms with E-state index in [1.165, 1.54) is 41.3 Å². The number of benzene rings is 1. The molecule has 1 aromatic heterocycles. The number of nitrogens with zero attached hydrogens (tertiary/aromatic N) is 2. The minimum absolute atomic E-state index is 0.0137. The Morgan fingerprint density at radius 2 is 2.35 bits per heavy atom. The summed E-state index contributed by atoms with van der Waals surface area (Å²) in [7, 11) is 0. The Hall–Kier alpha value is -2.00. The van der Waals surface area contributed by atoms with Crippen molar-refractivity contribution in [2.45, 2.75) is 23.6 Å². The summed E-state index contributed by atoms with van der Waals surface area (Å²) in [6.07, 6.45) is 0.0137. The lowest BCUT2D eigenvalue weighted by Gasteiger charge is -2.24. The maximum absolute atomic E-state index is 13.3. The number of halogens is 1. The highest BCUT2D eigenvalue weighted by Crippen LogP contribution is 2.34. The quantitative estimate of drug-likeness (QED) is 0.653. The zero-order chi connectivity index (χ0) is 16.4. The summed E-state index contributed by atoms with van der Waals surface area (Å²) in [5.41, 5.74) is 0.928. The molecule has 0 radical (unpaired) electrons. The van der Waals surface area contributed by atoms with E-state index in [9.17, 15) is 14.0 Å². The van der Waals surface area contributed by atoms with Crippen molar-refractivity contribution in [3.05, 3.63) is 29.6 Å². The van der Waals surface area contributed by atoms with E-state index in [2.05, 4.69) is 20.8 Å². The molecule has 6 nitrogen and oxygen atoms in total. The van der Waals surface area contributed by atoms with Gasteiger partial charge >= 0.3 is 0 Å². The van der Waals surface area contributed by atoms with Gasteiger partial charge in [-0.05, 0) is 23.4 Å². The first-order chi connectivity index (χ1) is 11.1. The molecular weight excluding hydrogens is 339 g/mol. The minimum atomic E-state index is -0.675. The van der Waals surface area contributed by atoms with E-state index in [-0.39, 0.29) is 18.2 Å². The summed E-state index contributed by atoms with van der Waals surface area (Å²) in [4.78, 5) is 24.2. The van der Waals surface area contributed by atoms with Crippen LogP contribution in [-0.4, -0.2) is 27.8 Å². The molecule has 0 fully saturated rings. The summed E-state index contributed by atoms with van der Waals surface area (Å²) in [6.45, 7) is 2.00. The third-order valence-corrected chi connectivity index (χ3v) is 5.13. The fraction of sp³-hybridized carbons (Fsp3) is 0.286. The van der Waals surface area contributed by atoms with Gasteiger partial charge in [0.05, 0.1) is 5.92 Å². The highest BCUT2D eigenvalue weighted by Gasteiger charge is 2.31. The number of rotatable bonds is 4. The van der Waals surface area contributed by atoms with Gasteiger partial charge in [0.25, 0.3) is 0 Å². The van der Waals surface area contributed by atoms with E-state index < -0.39 is 11.7 Å². The Morgan fingerprint density at radius 1 is 1.52 bits per heavy atom. The van der Waals surface area contributed by atoms with Crippen LogP contribution in [0.15, 0.2) is 22.5 Å².